The van der Waals surface area contributed by atoms with Crippen molar-refractivity contribution in [2.75, 3.05) is 23.1 Å². The molecule has 0 spiro atoms. The number of benzene rings is 2. The second kappa shape index (κ2) is 8.10. The number of thiazole rings is 1. The van der Waals surface area contributed by atoms with E-state index in [4.69, 9.17) is 14.7 Å². The molecular weight excluding hydrogens is 497 g/mol. The van der Waals surface area contributed by atoms with Crippen molar-refractivity contribution in [3.05, 3.63) is 52.7 Å². The van der Waals surface area contributed by atoms with Gasteiger partial charge in [-0.05, 0) is 13.8 Å². The molecule has 1 fully saturated rings. The molecule has 8 heteroatoms. The Labute approximate surface area is 184 Å². The topological polar surface area (TPSA) is 63.2 Å². The van der Waals surface area contributed by atoms with Crippen molar-refractivity contribution in [2.24, 2.45) is 0 Å². The fraction of sp³-hybridized carbons (Fsp3) is 0.286. The molecule has 1 aliphatic rings. The molecule has 0 saturated carbocycles. The van der Waals surface area contributed by atoms with Crippen LogP contribution in [0.4, 0.5) is 11.6 Å². The summed E-state index contributed by atoms with van der Waals surface area (Å²) in [5, 5.41) is 5.51. The van der Waals surface area contributed by atoms with E-state index in [2.05, 4.69) is 57.6 Å². The molecule has 0 unspecified atom stereocenters. The van der Waals surface area contributed by atoms with Gasteiger partial charge in [0.25, 0.3) is 0 Å². The molecule has 1 aliphatic heterocycles. The van der Waals surface area contributed by atoms with Crippen LogP contribution in [0.3, 0.4) is 0 Å². The van der Waals surface area contributed by atoms with Crippen LogP contribution in [0, 0.1) is 13.8 Å². The molecule has 3 heterocycles. The van der Waals surface area contributed by atoms with E-state index in [1.54, 1.807) is 11.3 Å². The summed E-state index contributed by atoms with van der Waals surface area (Å²) in [4.78, 5) is 14.3. The van der Waals surface area contributed by atoms with E-state index in [0.29, 0.717) is 5.95 Å². The average Bonchev–Trinajstić information content (AvgIpc) is 3.11. The van der Waals surface area contributed by atoms with E-state index >= 15 is 0 Å². The van der Waals surface area contributed by atoms with E-state index < -0.39 is 0 Å². The minimum absolute atomic E-state index is 0.0401. The zero-order valence-corrected chi connectivity index (χ0v) is 19.2. The molecule has 29 heavy (non-hydrogen) atoms. The molecule has 0 radical (unpaired) electrons. The Bertz CT molecular complexity index is 1170. The van der Waals surface area contributed by atoms with Gasteiger partial charge in [0.1, 0.15) is 0 Å². The fourth-order valence-electron chi connectivity index (χ4n) is 3.48. The molecular formula is C21H21IN5OS-. The van der Waals surface area contributed by atoms with E-state index in [9.17, 15) is 0 Å². The molecule has 6 nitrogen and oxygen atoms in total. The summed E-state index contributed by atoms with van der Waals surface area (Å²) in [6, 6.07) is 10.6. The van der Waals surface area contributed by atoms with Crippen LogP contribution in [0.5, 0.6) is 0 Å². The molecule has 1 saturated heterocycles. The number of nitrogens with zero attached hydrogens (tertiary/aromatic N) is 4. The number of alkyl halides is 1. The quantitative estimate of drug-likeness (QED) is 0.251. The van der Waals surface area contributed by atoms with Crippen molar-refractivity contribution in [1.82, 2.24) is 18.1 Å². The van der Waals surface area contributed by atoms with Crippen molar-refractivity contribution in [1.29, 1.82) is 0 Å². The van der Waals surface area contributed by atoms with Gasteiger partial charge in [-0.3, -0.25) is 0 Å². The molecule has 0 bridgehead atoms. The van der Waals surface area contributed by atoms with Gasteiger partial charge in [-0.1, -0.05) is 6.07 Å². The summed E-state index contributed by atoms with van der Waals surface area (Å²) in [6.45, 7) is 6.94. The van der Waals surface area contributed by atoms with Crippen LogP contribution < -0.4 is 26.8 Å². The van der Waals surface area contributed by atoms with Crippen LogP contribution in [0.25, 0.3) is 21.1 Å². The second-order valence-electron chi connectivity index (χ2n) is 7.13. The first-order valence-corrected chi connectivity index (χ1v) is 12.8. The van der Waals surface area contributed by atoms with Crippen LogP contribution in [0.2, 0.25) is 0 Å². The minimum atomic E-state index is -0.0401. The zero-order valence-electron chi connectivity index (χ0n) is 16.3. The van der Waals surface area contributed by atoms with Gasteiger partial charge in [0.05, 0.1) is 0 Å². The first kappa shape index (κ1) is 19.1. The monoisotopic (exact) mass is 518 g/mol. The predicted molar refractivity (Wildman–Crippen MR) is 113 cm³/mol. The molecule has 2 aromatic heterocycles. The first-order chi connectivity index (χ1) is 14.1. The van der Waals surface area contributed by atoms with Crippen molar-refractivity contribution < 1.29 is 26.2 Å². The van der Waals surface area contributed by atoms with E-state index in [1.807, 2.05) is 6.20 Å². The molecule has 0 atom stereocenters. The van der Waals surface area contributed by atoms with Crippen LogP contribution in [0.1, 0.15) is 16.1 Å². The van der Waals surface area contributed by atoms with Crippen molar-refractivity contribution in [3.63, 3.8) is 0 Å². The van der Waals surface area contributed by atoms with Gasteiger partial charge in [-0.2, -0.15) is 0 Å². The first-order valence-electron chi connectivity index (χ1n) is 9.47. The van der Waals surface area contributed by atoms with Gasteiger partial charge >= 0.3 is 165 Å². The fourth-order valence-corrected chi connectivity index (χ4v) is 6.70. The van der Waals surface area contributed by atoms with Crippen molar-refractivity contribution in [2.45, 2.75) is 20.4 Å². The normalized spacial score (nSPS) is 15.5. The Morgan fingerprint density at radius 3 is 2.79 bits per heavy atom. The Morgan fingerprint density at radius 1 is 1.14 bits per heavy atom. The molecule has 5 rings (SSSR count). The zero-order chi connectivity index (χ0) is 19.8. The van der Waals surface area contributed by atoms with Crippen LogP contribution in [-0.4, -0.2) is 35.8 Å². The molecule has 0 amide bonds. The third-order valence-corrected chi connectivity index (χ3v) is 8.22. The summed E-state index contributed by atoms with van der Waals surface area (Å²) < 4.78 is 10.1. The number of aryl methyl sites for hydroxylation is 2. The summed E-state index contributed by atoms with van der Waals surface area (Å²) in [5.74, 6) is 0.601. The van der Waals surface area contributed by atoms with Crippen molar-refractivity contribution >= 4 is 44.1 Å². The number of fused-ring (bicyclic) bond motifs is 3. The number of anilines is 2. The third kappa shape index (κ3) is 4.20. The average molecular weight is 518 g/mol. The number of hydrogen-bond acceptors (Lipinski definition) is 7. The summed E-state index contributed by atoms with van der Waals surface area (Å²) in [7, 11) is 0. The third-order valence-electron chi connectivity index (χ3n) is 4.71. The Morgan fingerprint density at radius 2 is 2.00 bits per heavy atom. The van der Waals surface area contributed by atoms with Gasteiger partial charge < -0.3 is 0 Å². The van der Waals surface area contributed by atoms with E-state index in [1.165, 1.54) is 15.8 Å². The number of nitrogens with one attached hydrogen (secondary N) is 1. The van der Waals surface area contributed by atoms with Crippen molar-refractivity contribution in [3.8, 4) is 0 Å². The molecule has 150 valence electrons. The predicted octanol–water partition coefficient (Wildman–Crippen LogP) is 1.39. The summed E-state index contributed by atoms with van der Waals surface area (Å²) >= 11 is 1.72. The Balaban J connectivity index is 1.48. The standard InChI is InChI=1S/C21H21IN5OS/c1-13-7-14(2)9-16(8-13)24-21-23-10-15-3-4-17-20(19(15)26-21)25-18(29-17)11-27-5-6-28-12-22-27/h3-4,7-10H,5-6,11-12H2,1-2H3,(H,23,24,26)/q-1. The maximum absolute atomic E-state index is 5.50. The van der Waals surface area contributed by atoms with Crippen LogP contribution >= 0.6 is 11.3 Å². The van der Waals surface area contributed by atoms with Gasteiger partial charge in [0.2, 0.25) is 0 Å². The molecule has 1 N–H and O–H groups in total. The Kier molecular flexibility index (Phi) is 5.33. The molecule has 0 aliphatic carbocycles. The van der Waals surface area contributed by atoms with Gasteiger partial charge in [-0.15, -0.1) is 0 Å². The molecule has 2 aromatic carbocycles. The summed E-state index contributed by atoms with van der Waals surface area (Å²) in [6.07, 6.45) is 1.87. The van der Waals surface area contributed by atoms with E-state index in [-0.39, 0.29) is 21.5 Å². The number of ether oxygens (including phenoxy) is 1. The van der Waals surface area contributed by atoms with Crippen LogP contribution in [0.15, 0.2) is 36.5 Å². The number of halogens is 1. The SMILES string of the molecule is Cc1cc(C)cc(Nc2ncc3ccc4sc(CN5CCOC[I-]5)nc4c3n2)c1. The second-order valence-corrected chi connectivity index (χ2v) is 10.9. The number of aromatic nitrogens is 3. The van der Waals surface area contributed by atoms with Gasteiger partial charge in [-0.25, -0.2) is 0 Å². The van der Waals surface area contributed by atoms with E-state index in [0.717, 1.165) is 51.4 Å². The van der Waals surface area contributed by atoms with Crippen LogP contribution in [-0.2, 0) is 11.3 Å². The summed E-state index contributed by atoms with van der Waals surface area (Å²) in [5.41, 5.74) is 5.31. The van der Waals surface area contributed by atoms with Gasteiger partial charge in [0, 0.05) is 0 Å². The number of rotatable bonds is 4. The number of hydrogen-bond donors (Lipinski definition) is 1. The maximum atomic E-state index is 5.50. The Hall–Kier alpha value is -1.88. The molecule has 4 aromatic rings. The van der Waals surface area contributed by atoms with Gasteiger partial charge in [0.15, 0.2) is 0 Å².